The molecule has 4 rings (SSSR count). The molecule has 1 aliphatic heterocycles. The highest BCUT2D eigenvalue weighted by Gasteiger charge is 2.56. The van der Waals surface area contributed by atoms with Gasteiger partial charge in [0.1, 0.15) is 24.4 Å². The maximum atomic E-state index is 15.2. The van der Waals surface area contributed by atoms with E-state index in [4.69, 9.17) is 18.9 Å². The first-order valence-corrected chi connectivity index (χ1v) is 13.0. The van der Waals surface area contributed by atoms with Crippen molar-refractivity contribution in [3.8, 4) is 0 Å². The minimum atomic E-state index is -3.49. The summed E-state index contributed by atoms with van der Waals surface area (Å²) in [5.74, 6) is -4.26. The fourth-order valence-corrected chi connectivity index (χ4v) is 4.74. The van der Waals surface area contributed by atoms with Crippen molar-refractivity contribution in [3.05, 3.63) is 108 Å². The van der Waals surface area contributed by atoms with Gasteiger partial charge in [-0.25, -0.2) is 8.78 Å². The third kappa shape index (κ3) is 7.24. The summed E-state index contributed by atoms with van der Waals surface area (Å²) in [5, 5.41) is 9.94. The quantitative estimate of drug-likeness (QED) is 0.324. The van der Waals surface area contributed by atoms with Gasteiger partial charge in [-0.1, -0.05) is 97.9 Å². The van der Waals surface area contributed by atoms with E-state index < -0.39 is 42.4 Å². The maximum absolute atomic E-state index is 15.2. The fraction of sp³-hybridized carbons (Fsp3) is 0.419. The highest BCUT2D eigenvalue weighted by Crippen LogP contribution is 2.40. The summed E-state index contributed by atoms with van der Waals surface area (Å²) in [6.45, 7) is 3.56. The highest BCUT2D eigenvalue weighted by atomic mass is 19.3. The zero-order valence-corrected chi connectivity index (χ0v) is 21.8. The molecule has 3 aromatic rings. The van der Waals surface area contributed by atoms with Gasteiger partial charge in [-0.3, -0.25) is 0 Å². The molecular weight excluding hydrogens is 490 g/mol. The van der Waals surface area contributed by atoms with E-state index in [-0.39, 0.29) is 19.8 Å². The number of ether oxygens (including phenoxy) is 4. The fourth-order valence-electron chi connectivity index (χ4n) is 4.74. The minimum Gasteiger partial charge on any atom is -0.387 e. The minimum absolute atomic E-state index is 0.0264. The maximum Gasteiger partial charge on any atom is 0.299 e. The first-order chi connectivity index (χ1) is 18.4. The van der Waals surface area contributed by atoms with Crippen LogP contribution in [0.1, 0.15) is 30.5 Å². The standard InChI is InChI=1S/C31H36F2O5/c1-22-28(36-19-25-14-8-4-9-15-25)29(37-20-26-16-10-5-11-17-26)27(38-30(22)31(32,33)23(2)34)21-35-18-24-12-6-3-7-13-24/h3-17,22-23,27-30,34H,18-21H2,1-2H3/t22-,23?,27-,28-,29-,30-/m1/s1. The van der Waals surface area contributed by atoms with E-state index in [1.54, 1.807) is 6.92 Å². The average Bonchev–Trinajstić information content (AvgIpc) is 2.93. The van der Waals surface area contributed by atoms with E-state index in [0.29, 0.717) is 6.61 Å². The molecule has 1 N–H and O–H groups in total. The Morgan fingerprint density at radius 2 is 1.21 bits per heavy atom. The number of aliphatic hydroxyl groups is 1. The molecule has 0 aliphatic carbocycles. The van der Waals surface area contributed by atoms with Crippen LogP contribution < -0.4 is 0 Å². The predicted octanol–water partition coefficient (Wildman–Crippen LogP) is 5.79. The van der Waals surface area contributed by atoms with Crippen LogP contribution in [0.5, 0.6) is 0 Å². The summed E-state index contributed by atoms with van der Waals surface area (Å²) < 4.78 is 55.1. The van der Waals surface area contributed by atoms with E-state index in [0.717, 1.165) is 23.6 Å². The summed E-state index contributed by atoms with van der Waals surface area (Å²) in [6, 6.07) is 28.8. The van der Waals surface area contributed by atoms with Crippen molar-refractivity contribution in [3.63, 3.8) is 0 Å². The third-order valence-electron chi connectivity index (χ3n) is 6.91. The van der Waals surface area contributed by atoms with Gasteiger partial charge in [0, 0.05) is 5.92 Å². The summed E-state index contributed by atoms with van der Waals surface area (Å²) in [7, 11) is 0. The van der Waals surface area contributed by atoms with Crippen LogP contribution in [0.4, 0.5) is 8.78 Å². The highest BCUT2D eigenvalue weighted by molar-refractivity contribution is 5.15. The molecular formula is C31H36F2O5. The predicted molar refractivity (Wildman–Crippen MR) is 141 cm³/mol. The molecule has 38 heavy (non-hydrogen) atoms. The first kappa shape index (κ1) is 28.3. The van der Waals surface area contributed by atoms with Gasteiger partial charge >= 0.3 is 0 Å². The van der Waals surface area contributed by atoms with Crippen LogP contribution in [0, 0.1) is 5.92 Å². The molecule has 204 valence electrons. The largest absolute Gasteiger partial charge is 0.387 e. The lowest BCUT2D eigenvalue weighted by molar-refractivity contribution is -0.297. The van der Waals surface area contributed by atoms with E-state index >= 15 is 8.78 Å². The van der Waals surface area contributed by atoms with Crippen LogP contribution in [0.15, 0.2) is 91.0 Å². The van der Waals surface area contributed by atoms with Gasteiger partial charge in [-0.05, 0) is 23.6 Å². The SMILES string of the molecule is CC(O)C(F)(F)[C@@H]1O[C@H](COCc2ccccc2)[C@@H](OCc2ccccc2)[C@H](OCc2ccccc2)[C@H]1C. The van der Waals surface area contributed by atoms with Crippen molar-refractivity contribution in [2.24, 2.45) is 5.92 Å². The van der Waals surface area contributed by atoms with Gasteiger partial charge in [0.25, 0.3) is 5.92 Å². The van der Waals surface area contributed by atoms with Gasteiger partial charge in [-0.2, -0.15) is 0 Å². The number of halogens is 2. The number of alkyl halides is 2. The second kappa shape index (κ2) is 13.4. The Morgan fingerprint density at radius 1 is 0.763 bits per heavy atom. The van der Waals surface area contributed by atoms with Crippen molar-refractivity contribution in [2.75, 3.05) is 6.61 Å². The Bertz CT molecular complexity index is 1080. The van der Waals surface area contributed by atoms with Crippen LogP contribution in [-0.4, -0.2) is 48.2 Å². The van der Waals surface area contributed by atoms with Crippen LogP contribution in [0.3, 0.4) is 0 Å². The van der Waals surface area contributed by atoms with E-state index in [1.807, 2.05) is 91.0 Å². The van der Waals surface area contributed by atoms with E-state index in [2.05, 4.69) is 0 Å². The molecule has 0 bridgehead atoms. The normalized spacial score (nSPS) is 24.7. The number of rotatable bonds is 12. The number of hydrogen-bond acceptors (Lipinski definition) is 5. The second-order valence-corrected chi connectivity index (χ2v) is 9.83. The van der Waals surface area contributed by atoms with E-state index in [9.17, 15) is 5.11 Å². The Morgan fingerprint density at radius 3 is 1.68 bits per heavy atom. The van der Waals surface area contributed by atoms with Crippen molar-refractivity contribution in [2.45, 2.75) is 70.1 Å². The number of aliphatic hydroxyl groups excluding tert-OH is 1. The van der Waals surface area contributed by atoms with Crippen LogP contribution in [0.25, 0.3) is 0 Å². The third-order valence-corrected chi connectivity index (χ3v) is 6.91. The van der Waals surface area contributed by atoms with Crippen LogP contribution >= 0.6 is 0 Å². The number of hydrogen-bond donors (Lipinski definition) is 1. The zero-order valence-electron chi connectivity index (χ0n) is 21.8. The average molecular weight is 527 g/mol. The molecule has 1 unspecified atom stereocenters. The molecule has 0 amide bonds. The van der Waals surface area contributed by atoms with Gasteiger partial charge in [0.2, 0.25) is 0 Å². The summed E-state index contributed by atoms with van der Waals surface area (Å²) in [5.41, 5.74) is 2.83. The molecule has 0 aromatic heterocycles. The van der Waals surface area contributed by atoms with Crippen molar-refractivity contribution < 1.29 is 32.8 Å². The second-order valence-electron chi connectivity index (χ2n) is 9.83. The first-order valence-electron chi connectivity index (χ1n) is 13.0. The molecule has 0 radical (unpaired) electrons. The molecule has 3 aromatic carbocycles. The summed E-state index contributed by atoms with van der Waals surface area (Å²) in [4.78, 5) is 0. The lowest BCUT2D eigenvalue weighted by Gasteiger charge is -2.48. The molecule has 6 atom stereocenters. The molecule has 0 spiro atoms. The molecule has 1 fully saturated rings. The Labute approximate surface area is 223 Å². The van der Waals surface area contributed by atoms with Gasteiger partial charge in [0.05, 0.1) is 32.5 Å². The molecule has 0 saturated carbocycles. The zero-order chi connectivity index (χ0) is 27.0. The van der Waals surface area contributed by atoms with Crippen LogP contribution in [-0.2, 0) is 38.8 Å². The smallest absolute Gasteiger partial charge is 0.299 e. The van der Waals surface area contributed by atoms with E-state index in [1.165, 1.54) is 0 Å². The molecule has 5 nitrogen and oxygen atoms in total. The summed E-state index contributed by atoms with van der Waals surface area (Å²) >= 11 is 0. The van der Waals surface area contributed by atoms with Crippen molar-refractivity contribution >= 4 is 0 Å². The lowest BCUT2D eigenvalue weighted by atomic mass is 9.83. The molecule has 1 saturated heterocycles. The molecule has 1 heterocycles. The Hall–Kier alpha value is -2.68. The van der Waals surface area contributed by atoms with Crippen molar-refractivity contribution in [1.29, 1.82) is 0 Å². The van der Waals surface area contributed by atoms with Crippen LogP contribution in [0.2, 0.25) is 0 Å². The molecule has 1 aliphatic rings. The van der Waals surface area contributed by atoms with Gasteiger partial charge in [-0.15, -0.1) is 0 Å². The van der Waals surface area contributed by atoms with Crippen molar-refractivity contribution in [1.82, 2.24) is 0 Å². The topological polar surface area (TPSA) is 57.2 Å². The Kier molecular flexibility index (Phi) is 9.99. The van der Waals surface area contributed by atoms with Gasteiger partial charge < -0.3 is 24.1 Å². The lowest BCUT2D eigenvalue weighted by Crippen LogP contribution is -2.63. The monoisotopic (exact) mass is 526 g/mol. The Balaban J connectivity index is 1.58. The molecule has 7 heteroatoms. The summed E-state index contributed by atoms with van der Waals surface area (Å²) in [6.07, 6.45) is -5.71. The number of benzene rings is 3. The van der Waals surface area contributed by atoms with Gasteiger partial charge in [0.15, 0.2) is 0 Å².